The molecule has 1 aromatic rings. The van der Waals surface area contributed by atoms with Gasteiger partial charge in [-0.15, -0.1) is 0 Å². The van der Waals surface area contributed by atoms with Crippen molar-refractivity contribution in [1.29, 1.82) is 0 Å². The largest absolute Gasteiger partial charge is 0.388 e. The van der Waals surface area contributed by atoms with Gasteiger partial charge in [-0.05, 0) is 0 Å². The average molecular weight is 174 g/mol. The maximum absolute atomic E-state index is 5.50. The zero-order valence-corrected chi connectivity index (χ0v) is 6.49. The quantitative estimate of drug-likeness (QED) is 0.638. The van der Waals surface area contributed by atoms with Crippen molar-refractivity contribution in [3.05, 3.63) is 23.2 Å². The fourth-order valence-corrected chi connectivity index (χ4v) is 0.707. The van der Waals surface area contributed by atoms with E-state index in [0.29, 0.717) is 10.8 Å². The van der Waals surface area contributed by atoms with Crippen molar-refractivity contribution in [2.24, 2.45) is 5.73 Å². The first kappa shape index (κ1) is 7.37. The number of hydrogen-bond acceptors (Lipinski definition) is 3. The van der Waals surface area contributed by atoms with Crippen molar-refractivity contribution in [2.75, 3.05) is 0 Å². The zero-order chi connectivity index (χ0) is 7.56. The summed E-state index contributed by atoms with van der Waals surface area (Å²) in [7, 11) is 0. The van der Waals surface area contributed by atoms with Crippen molar-refractivity contribution in [3.63, 3.8) is 0 Å². The van der Waals surface area contributed by atoms with Gasteiger partial charge in [0.2, 0.25) is 0 Å². The standard InChI is InChI=1S/C5H4ClN3S/c6-4-2-8-1-3(9-4)5(7)10/h1-2H,(H2,7,10). The summed E-state index contributed by atoms with van der Waals surface area (Å²) < 4.78 is 0. The zero-order valence-electron chi connectivity index (χ0n) is 4.91. The third kappa shape index (κ3) is 1.62. The summed E-state index contributed by atoms with van der Waals surface area (Å²) in [5, 5.41) is 0.297. The molecular weight excluding hydrogens is 170 g/mol. The Morgan fingerprint density at radius 1 is 1.60 bits per heavy atom. The second-order valence-corrected chi connectivity index (χ2v) is 2.42. The van der Waals surface area contributed by atoms with E-state index in [9.17, 15) is 0 Å². The van der Waals surface area contributed by atoms with Crippen LogP contribution in [-0.2, 0) is 0 Å². The van der Waals surface area contributed by atoms with E-state index < -0.39 is 0 Å². The Kier molecular flexibility index (Phi) is 2.13. The maximum atomic E-state index is 5.50. The highest BCUT2D eigenvalue weighted by Crippen LogP contribution is 2.01. The average Bonchev–Trinajstić information content (AvgIpc) is 1.88. The van der Waals surface area contributed by atoms with Crippen LogP contribution in [0.3, 0.4) is 0 Å². The molecule has 0 radical (unpaired) electrons. The monoisotopic (exact) mass is 173 g/mol. The van der Waals surface area contributed by atoms with Gasteiger partial charge < -0.3 is 5.73 Å². The highest BCUT2D eigenvalue weighted by molar-refractivity contribution is 7.80. The highest BCUT2D eigenvalue weighted by atomic mass is 35.5. The highest BCUT2D eigenvalue weighted by Gasteiger charge is 1.97. The molecule has 0 saturated heterocycles. The molecule has 5 heteroatoms. The molecule has 0 atom stereocenters. The summed E-state index contributed by atoms with van der Waals surface area (Å²) >= 11 is 10.1. The number of halogens is 1. The summed E-state index contributed by atoms with van der Waals surface area (Å²) in [6.45, 7) is 0. The maximum Gasteiger partial charge on any atom is 0.148 e. The van der Waals surface area contributed by atoms with Crippen molar-refractivity contribution in [3.8, 4) is 0 Å². The van der Waals surface area contributed by atoms with Crippen molar-refractivity contribution < 1.29 is 0 Å². The predicted octanol–water partition coefficient (Wildman–Crippen LogP) is 0.764. The Bertz CT molecular complexity index is 263. The molecule has 0 saturated carbocycles. The van der Waals surface area contributed by atoms with Gasteiger partial charge in [-0.25, -0.2) is 4.98 Å². The van der Waals surface area contributed by atoms with Crippen LogP contribution in [-0.4, -0.2) is 15.0 Å². The van der Waals surface area contributed by atoms with Crippen LogP contribution in [0.5, 0.6) is 0 Å². The Morgan fingerprint density at radius 2 is 2.30 bits per heavy atom. The molecule has 52 valence electrons. The summed E-state index contributed by atoms with van der Waals surface area (Å²) in [6.07, 6.45) is 2.89. The molecule has 1 heterocycles. The van der Waals surface area contributed by atoms with Crippen molar-refractivity contribution >= 4 is 28.8 Å². The Hall–Kier alpha value is -0.740. The van der Waals surface area contributed by atoms with Crippen molar-refractivity contribution in [2.45, 2.75) is 0 Å². The van der Waals surface area contributed by atoms with Gasteiger partial charge in [-0.2, -0.15) is 0 Å². The fourth-order valence-electron chi connectivity index (χ4n) is 0.461. The molecule has 0 spiro atoms. The third-order valence-electron chi connectivity index (χ3n) is 0.858. The molecule has 0 amide bonds. The van der Waals surface area contributed by atoms with E-state index in [1.165, 1.54) is 12.4 Å². The first-order chi connectivity index (χ1) is 4.70. The number of thiocarbonyl (C=S) groups is 1. The lowest BCUT2D eigenvalue weighted by molar-refractivity contribution is 1.18. The SMILES string of the molecule is NC(=S)c1cncc(Cl)n1. The van der Waals surface area contributed by atoms with E-state index >= 15 is 0 Å². The third-order valence-corrected chi connectivity index (χ3v) is 1.25. The van der Waals surface area contributed by atoms with Crippen LogP contribution in [0, 0.1) is 0 Å². The minimum absolute atomic E-state index is 0.204. The molecule has 0 aliphatic heterocycles. The van der Waals surface area contributed by atoms with E-state index in [0.717, 1.165) is 0 Å². The molecule has 0 aliphatic carbocycles. The number of nitrogens with zero attached hydrogens (tertiary/aromatic N) is 2. The van der Waals surface area contributed by atoms with Crippen LogP contribution in [0.1, 0.15) is 5.69 Å². The van der Waals surface area contributed by atoms with Crippen LogP contribution in [0.2, 0.25) is 5.15 Å². The molecule has 0 unspecified atom stereocenters. The van der Waals surface area contributed by atoms with Crippen LogP contribution in [0.25, 0.3) is 0 Å². The first-order valence-electron chi connectivity index (χ1n) is 2.47. The van der Waals surface area contributed by atoms with Crippen LogP contribution in [0.15, 0.2) is 12.4 Å². The molecule has 3 nitrogen and oxygen atoms in total. The van der Waals surface area contributed by atoms with Gasteiger partial charge in [0, 0.05) is 0 Å². The van der Waals surface area contributed by atoms with Crippen LogP contribution in [0.4, 0.5) is 0 Å². The normalized spacial score (nSPS) is 9.30. The summed E-state index contributed by atoms with van der Waals surface area (Å²) in [4.78, 5) is 7.76. The Morgan fingerprint density at radius 3 is 2.70 bits per heavy atom. The van der Waals surface area contributed by atoms with E-state index in [2.05, 4.69) is 22.2 Å². The van der Waals surface area contributed by atoms with Gasteiger partial charge in [-0.1, -0.05) is 23.8 Å². The smallest absolute Gasteiger partial charge is 0.148 e. The molecule has 2 N–H and O–H groups in total. The van der Waals surface area contributed by atoms with Gasteiger partial charge in [0.1, 0.15) is 15.8 Å². The number of rotatable bonds is 1. The molecule has 0 bridgehead atoms. The molecule has 0 aliphatic rings. The molecule has 1 rings (SSSR count). The Balaban J connectivity index is 3.07. The Labute approximate surface area is 68.2 Å². The molecule has 1 aromatic heterocycles. The first-order valence-corrected chi connectivity index (χ1v) is 3.26. The van der Waals surface area contributed by atoms with Crippen LogP contribution < -0.4 is 5.73 Å². The molecule has 0 fully saturated rings. The fraction of sp³-hybridized carbons (Fsp3) is 0. The van der Waals surface area contributed by atoms with Gasteiger partial charge in [-0.3, -0.25) is 4.98 Å². The van der Waals surface area contributed by atoms with Crippen molar-refractivity contribution in [1.82, 2.24) is 9.97 Å². The topological polar surface area (TPSA) is 51.8 Å². The lowest BCUT2D eigenvalue weighted by Crippen LogP contribution is -2.11. The van der Waals surface area contributed by atoms with E-state index in [4.69, 9.17) is 17.3 Å². The van der Waals surface area contributed by atoms with E-state index in [1.807, 2.05) is 0 Å². The van der Waals surface area contributed by atoms with Gasteiger partial charge in [0.25, 0.3) is 0 Å². The second kappa shape index (κ2) is 2.90. The number of aromatic nitrogens is 2. The predicted molar refractivity (Wildman–Crippen MR) is 42.9 cm³/mol. The number of hydrogen-bond donors (Lipinski definition) is 1. The molecular formula is C5H4ClN3S. The van der Waals surface area contributed by atoms with E-state index in [-0.39, 0.29) is 4.99 Å². The number of nitrogens with two attached hydrogens (primary N) is 1. The van der Waals surface area contributed by atoms with Gasteiger partial charge in [0.15, 0.2) is 0 Å². The second-order valence-electron chi connectivity index (χ2n) is 1.59. The minimum atomic E-state index is 0.204. The lowest BCUT2D eigenvalue weighted by atomic mass is 10.5. The van der Waals surface area contributed by atoms with E-state index in [1.54, 1.807) is 0 Å². The molecule has 10 heavy (non-hydrogen) atoms. The minimum Gasteiger partial charge on any atom is -0.388 e. The summed E-state index contributed by atoms with van der Waals surface area (Å²) in [5.41, 5.74) is 5.70. The summed E-state index contributed by atoms with van der Waals surface area (Å²) in [5.74, 6) is 0. The summed E-state index contributed by atoms with van der Waals surface area (Å²) in [6, 6.07) is 0. The van der Waals surface area contributed by atoms with Crippen LogP contribution >= 0.6 is 23.8 Å². The van der Waals surface area contributed by atoms with Gasteiger partial charge in [0.05, 0.1) is 12.4 Å². The molecule has 0 aromatic carbocycles. The lowest BCUT2D eigenvalue weighted by Gasteiger charge is -1.94. The van der Waals surface area contributed by atoms with Gasteiger partial charge >= 0.3 is 0 Å².